The van der Waals surface area contributed by atoms with Crippen LogP contribution in [0.5, 0.6) is 5.75 Å². The first kappa shape index (κ1) is 37.2. The fraction of sp³-hybridized carbons (Fsp3) is 0.0169. The van der Waals surface area contributed by atoms with Crippen LogP contribution in [0.25, 0.3) is 112 Å². The smallest absolute Gasteiger partial charge is 0.119 e. The SMILES string of the molecule is C1=Cc2nc1c(-c1ccccc1)c1ccc([nH]1)c(-c1ccccc1)c1nc(c(-c3ccc(OCc4c5ccccc5cc5ccccc45)cc3)c3ccc([nH]3)c2-c2ccccc2)C=C1. The van der Waals surface area contributed by atoms with Crippen LogP contribution in [0, 0.1) is 0 Å². The van der Waals surface area contributed by atoms with Gasteiger partial charge in [0.25, 0.3) is 0 Å². The Hall–Kier alpha value is -8.54. The highest BCUT2D eigenvalue weighted by molar-refractivity contribution is 6.03. The Balaban J connectivity index is 1.07. The zero-order chi connectivity index (χ0) is 42.4. The topological polar surface area (TPSA) is 66.6 Å². The van der Waals surface area contributed by atoms with Gasteiger partial charge in [0.05, 0.1) is 22.8 Å². The third-order valence-electron chi connectivity index (χ3n) is 12.4. The molecule has 0 spiro atoms. The molecule has 5 nitrogen and oxygen atoms in total. The van der Waals surface area contributed by atoms with Gasteiger partial charge in [-0.15, -0.1) is 0 Å². The second kappa shape index (κ2) is 15.7. The molecule has 5 heteroatoms. The van der Waals surface area contributed by atoms with Crippen molar-refractivity contribution in [1.29, 1.82) is 0 Å². The Labute approximate surface area is 370 Å². The average Bonchev–Trinajstić information content (AvgIpc) is 4.21. The number of rotatable bonds is 7. The highest BCUT2D eigenvalue weighted by Crippen LogP contribution is 2.39. The number of H-pyrrole nitrogens is 2. The summed E-state index contributed by atoms with van der Waals surface area (Å²) in [7, 11) is 0. The Morgan fingerprint density at radius 1 is 0.344 bits per heavy atom. The molecule has 12 rings (SSSR count). The number of nitrogens with zero attached hydrogens (tertiary/aromatic N) is 2. The lowest BCUT2D eigenvalue weighted by Crippen LogP contribution is -1.98. The van der Waals surface area contributed by atoms with Crippen LogP contribution in [-0.2, 0) is 6.61 Å². The molecule has 10 aromatic rings. The summed E-state index contributed by atoms with van der Waals surface area (Å²) >= 11 is 0. The molecule has 0 radical (unpaired) electrons. The molecule has 3 aromatic heterocycles. The standard InChI is InChI=1S/C59H40N4O/c1-4-14-38(15-5-1)56-48-28-30-50(60-48)57(39-16-6-2-7-17-39)52-32-34-54(62-52)59(55-35-33-53(63-55)58(40-18-8-3-9-19-40)51-31-29-49(56)61-51)41-24-26-44(27-25-41)64-37-47-45-22-12-10-20-42(45)36-43-21-11-13-23-46(43)47/h1-36,60,63H,37H2. The Kier molecular flexibility index (Phi) is 9.16. The van der Waals surface area contributed by atoms with Gasteiger partial charge < -0.3 is 14.7 Å². The number of nitrogens with one attached hydrogen (secondary N) is 2. The van der Waals surface area contributed by atoms with E-state index in [9.17, 15) is 0 Å². The fourth-order valence-corrected chi connectivity index (χ4v) is 9.37. The van der Waals surface area contributed by atoms with Gasteiger partial charge in [0.15, 0.2) is 0 Å². The van der Waals surface area contributed by atoms with E-state index in [1.54, 1.807) is 0 Å². The predicted molar refractivity (Wildman–Crippen MR) is 266 cm³/mol. The van der Waals surface area contributed by atoms with Gasteiger partial charge in [-0.05, 0) is 111 Å². The van der Waals surface area contributed by atoms with Crippen LogP contribution < -0.4 is 4.74 Å². The lowest BCUT2D eigenvalue weighted by molar-refractivity contribution is 0.309. The summed E-state index contributed by atoms with van der Waals surface area (Å²) < 4.78 is 6.60. The first-order valence-electron chi connectivity index (χ1n) is 21.7. The van der Waals surface area contributed by atoms with Gasteiger partial charge >= 0.3 is 0 Å². The van der Waals surface area contributed by atoms with E-state index in [2.05, 4.69) is 228 Å². The summed E-state index contributed by atoms with van der Waals surface area (Å²) in [5.41, 5.74) is 16.8. The van der Waals surface area contributed by atoms with Gasteiger partial charge in [0.2, 0.25) is 0 Å². The monoisotopic (exact) mass is 820 g/mol. The van der Waals surface area contributed by atoms with Crippen molar-refractivity contribution in [2.24, 2.45) is 0 Å². The molecule has 0 saturated heterocycles. The largest absolute Gasteiger partial charge is 0.489 e. The molecule has 8 bridgehead atoms. The number of benzene rings is 7. The van der Waals surface area contributed by atoms with Crippen molar-refractivity contribution in [1.82, 2.24) is 19.9 Å². The molecule has 2 aliphatic heterocycles. The van der Waals surface area contributed by atoms with Crippen molar-refractivity contribution in [3.05, 3.63) is 222 Å². The predicted octanol–water partition coefficient (Wildman–Crippen LogP) is 15.2. The zero-order valence-corrected chi connectivity index (χ0v) is 34.8. The van der Waals surface area contributed by atoms with Crippen molar-refractivity contribution in [2.75, 3.05) is 0 Å². The molecule has 2 N–H and O–H groups in total. The fourth-order valence-electron chi connectivity index (χ4n) is 9.37. The van der Waals surface area contributed by atoms with E-state index < -0.39 is 0 Å². The highest BCUT2D eigenvalue weighted by Gasteiger charge is 2.19. The van der Waals surface area contributed by atoms with E-state index in [-0.39, 0.29) is 0 Å². The number of hydrogen-bond acceptors (Lipinski definition) is 3. The summed E-state index contributed by atoms with van der Waals surface area (Å²) in [6, 6.07) is 68.0. The van der Waals surface area contributed by atoms with Gasteiger partial charge in [0, 0.05) is 49.9 Å². The Bertz CT molecular complexity index is 3550. The average molecular weight is 821 g/mol. The third-order valence-corrected chi connectivity index (χ3v) is 12.4. The van der Waals surface area contributed by atoms with Crippen molar-refractivity contribution < 1.29 is 4.74 Å². The lowest BCUT2D eigenvalue weighted by Gasteiger charge is -2.13. The molecular formula is C59H40N4O. The normalized spacial score (nSPS) is 12.0. The summed E-state index contributed by atoms with van der Waals surface area (Å²) in [5.74, 6) is 0.796. The van der Waals surface area contributed by atoms with Crippen molar-refractivity contribution in [3.63, 3.8) is 0 Å². The molecule has 5 heterocycles. The van der Waals surface area contributed by atoms with E-state index in [0.29, 0.717) is 6.61 Å². The molecule has 0 aliphatic carbocycles. The summed E-state index contributed by atoms with van der Waals surface area (Å²) in [6.07, 6.45) is 8.55. The first-order chi connectivity index (χ1) is 31.7. The minimum atomic E-state index is 0.449. The maximum absolute atomic E-state index is 6.60. The number of hydrogen-bond donors (Lipinski definition) is 2. The van der Waals surface area contributed by atoms with Gasteiger partial charge in [0.1, 0.15) is 12.4 Å². The van der Waals surface area contributed by atoms with Gasteiger partial charge in [-0.1, -0.05) is 152 Å². The zero-order valence-electron chi connectivity index (χ0n) is 34.8. The molecule has 0 unspecified atom stereocenters. The van der Waals surface area contributed by atoms with Crippen LogP contribution in [0.1, 0.15) is 28.3 Å². The van der Waals surface area contributed by atoms with E-state index in [1.165, 1.54) is 27.1 Å². The number of fused-ring (bicyclic) bond motifs is 10. The van der Waals surface area contributed by atoms with Crippen LogP contribution in [0.2, 0.25) is 0 Å². The maximum Gasteiger partial charge on any atom is 0.119 e. The number of aromatic nitrogens is 4. The van der Waals surface area contributed by atoms with Crippen LogP contribution >= 0.6 is 0 Å². The molecule has 0 atom stereocenters. The van der Waals surface area contributed by atoms with Crippen LogP contribution in [0.3, 0.4) is 0 Å². The second-order valence-corrected chi connectivity index (χ2v) is 16.2. The van der Waals surface area contributed by atoms with Gasteiger partial charge in [-0.2, -0.15) is 0 Å². The molecule has 0 fully saturated rings. The highest BCUT2D eigenvalue weighted by atomic mass is 16.5. The molecule has 0 saturated carbocycles. The van der Waals surface area contributed by atoms with E-state index >= 15 is 0 Å². The van der Waals surface area contributed by atoms with Crippen molar-refractivity contribution >= 4 is 67.9 Å². The molecule has 2 aliphatic rings. The van der Waals surface area contributed by atoms with Gasteiger partial charge in [-0.25, -0.2) is 9.97 Å². The minimum Gasteiger partial charge on any atom is -0.489 e. The number of ether oxygens (including phenoxy) is 1. The molecule has 302 valence electrons. The van der Waals surface area contributed by atoms with Crippen molar-refractivity contribution in [2.45, 2.75) is 6.61 Å². The summed E-state index contributed by atoms with van der Waals surface area (Å²) in [4.78, 5) is 18.6. The lowest BCUT2D eigenvalue weighted by atomic mass is 9.97. The van der Waals surface area contributed by atoms with Crippen LogP contribution in [-0.4, -0.2) is 19.9 Å². The summed E-state index contributed by atoms with van der Waals surface area (Å²) in [6.45, 7) is 0.449. The Morgan fingerprint density at radius 3 is 1.08 bits per heavy atom. The quantitative estimate of drug-likeness (QED) is 0.157. The maximum atomic E-state index is 6.60. The second-order valence-electron chi connectivity index (χ2n) is 16.2. The molecule has 64 heavy (non-hydrogen) atoms. The molecular weight excluding hydrogens is 781 g/mol. The third kappa shape index (κ3) is 6.68. The van der Waals surface area contributed by atoms with Crippen LogP contribution in [0.15, 0.2) is 194 Å². The summed E-state index contributed by atoms with van der Waals surface area (Å²) in [5, 5.41) is 4.83. The Morgan fingerprint density at radius 2 is 0.688 bits per heavy atom. The van der Waals surface area contributed by atoms with Crippen LogP contribution in [0.4, 0.5) is 0 Å². The van der Waals surface area contributed by atoms with Gasteiger partial charge in [-0.3, -0.25) is 0 Å². The van der Waals surface area contributed by atoms with E-state index in [4.69, 9.17) is 14.7 Å². The molecule has 0 amide bonds. The first-order valence-corrected chi connectivity index (χ1v) is 21.7. The minimum absolute atomic E-state index is 0.449. The van der Waals surface area contributed by atoms with E-state index in [0.717, 1.165) is 95.1 Å². The van der Waals surface area contributed by atoms with Crippen molar-refractivity contribution in [3.8, 4) is 50.3 Å². The number of aromatic amines is 2. The molecule has 7 aromatic carbocycles. The van der Waals surface area contributed by atoms with E-state index in [1.807, 2.05) is 0 Å².